The summed E-state index contributed by atoms with van der Waals surface area (Å²) in [5, 5.41) is 10.1. The number of halogens is 4. The number of nitrogens with zero attached hydrogens (tertiary/aromatic N) is 1. The molecule has 0 aromatic heterocycles. The van der Waals surface area contributed by atoms with Crippen LogP contribution < -0.4 is 4.74 Å². The Balaban J connectivity index is 2.22. The maximum absolute atomic E-state index is 8.80. The van der Waals surface area contributed by atoms with E-state index in [1.54, 1.807) is 30.3 Å². The molecule has 0 radical (unpaired) electrons. The van der Waals surface area contributed by atoms with Crippen LogP contribution in [0, 0.1) is 11.3 Å². The van der Waals surface area contributed by atoms with Crippen molar-refractivity contribution in [2.45, 2.75) is 6.61 Å². The molecular formula is C14H7BrCl3NO. The van der Waals surface area contributed by atoms with Gasteiger partial charge in [-0.2, -0.15) is 5.26 Å². The zero-order valence-electron chi connectivity index (χ0n) is 9.96. The average Bonchev–Trinajstić information content (AvgIpc) is 2.44. The van der Waals surface area contributed by atoms with Gasteiger partial charge in [-0.1, -0.05) is 34.8 Å². The van der Waals surface area contributed by atoms with Gasteiger partial charge in [0.25, 0.3) is 0 Å². The Kier molecular flexibility index (Phi) is 5.17. The van der Waals surface area contributed by atoms with E-state index in [1.807, 2.05) is 6.07 Å². The van der Waals surface area contributed by atoms with Crippen LogP contribution in [0.5, 0.6) is 5.75 Å². The molecule has 0 aliphatic heterocycles. The van der Waals surface area contributed by atoms with Gasteiger partial charge in [0.2, 0.25) is 0 Å². The predicted octanol–water partition coefficient (Wildman–Crippen LogP) is 5.86. The lowest BCUT2D eigenvalue weighted by Gasteiger charge is -2.11. The highest BCUT2D eigenvalue weighted by molar-refractivity contribution is 9.10. The largest absolute Gasteiger partial charge is 0.488 e. The van der Waals surface area contributed by atoms with Crippen molar-refractivity contribution in [2.24, 2.45) is 0 Å². The number of rotatable bonds is 3. The van der Waals surface area contributed by atoms with Gasteiger partial charge < -0.3 is 4.74 Å². The zero-order valence-corrected chi connectivity index (χ0v) is 13.8. The monoisotopic (exact) mass is 389 g/mol. The van der Waals surface area contributed by atoms with Gasteiger partial charge in [0, 0.05) is 10.6 Å². The lowest BCUT2D eigenvalue weighted by molar-refractivity contribution is 0.304. The first-order valence-corrected chi connectivity index (χ1v) is 7.40. The first-order chi connectivity index (χ1) is 9.52. The minimum atomic E-state index is 0.183. The van der Waals surface area contributed by atoms with E-state index >= 15 is 0 Å². The molecule has 20 heavy (non-hydrogen) atoms. The number of benzene rings is 2. The van der Waals surface area contributed by atoms with Gasteiger partial charge in [0.05, 0.1) is 26.2 Å². The summed E-state index contributed by atoms with van der Waals surface area (Å²) in [4.78, 5) is 0. The van der Waals surface area contributed by atoms with Crippen LogP contribution in [0.1, 0.15) is 11.1 Å². The molecule has 0 fully saturated rings. The molecule has 0 saturated carbocycles. The summed E-state index contributed by atoms with van der Waals surface area (Å²) in [6.07, 6.45) is 0. The molecule has 0 aliphatic carbocycles. The smallest absolute Gasteiger partial charge is 0.134 e. The third kappa shape index (κ3) is 3.39. The van der Waals surface area contributed by atoms with Crippen LogP contribution in [0.2, 0.25) is 15.1 Å². The normalized spacial score (nSPS) is 10.2. The Morgan fingerprint density at radius 2 is 1.80 bits per heavy atom. The van der Waals surface area contributed by atoms with E-state index in [1.165, 1.54) is 0 Å². The van der Waals surface area contributed by atoms with Gasteiger partial charge in [0.1, 0.15) is 12.4 Å². The topological polar surface area (TPSA) is 33.0 Å². The number of hydrogen-bond acceptors (Lipinski definition) is 2. The Morgan fingerprint density at radius 1 is 1.10 bits per heavy atom. The van der Waals surface area contributed by atoms with Crippen LogP contribution >= 0.6 is 50.7 Å². The molecule has 0 N–H and O–H groups in total. The van der Waals surface area contributed by atoms with Crippen molar-refractivity contribution in [2.75, 3.05) is 0 Å². The molecule has 0 saturated heterocycles. The Hall–Kier alpha value is -0.920. The summed E-state index contributed by atoms with van der Waals surface area (Å²) in [5.41, 5.74) is 1.17. The summed E-state index contributed by atoms with van der Waals surface area (Å²) in [5.74, 6) is 0.594. The molecular weight excluding hydrogens is 384 g/mol. The highest BCUT2D eigenvalue weighted by atomic mass is 79.9. The van der Waals surface area contributed by atoms with E-state index in [-0.39, 0.29) is 6.61 Å². The van der Waals surface area contributed by atoms with Crippen molar-refractivity contribution in [1.29, 1.82) is 5.26 Å². The molecule has 6 heteroatoms. The van der Waals surface area contributed by atoms with Gasteiger partial charge in [0.15, 0.2) is 0 Å². The quantitative estimate of drug-likeness (QED) is 0.614. The average molecular weight is 391 g/mol. The molecule has 2 nitrogen and oxygen atoms in total. The van der Waals surface area contributed by atoms with E-state index in [0.29, 0.717) is 36.4 Å². The van der Waals surface area contributed by atoms with Gasteiger partial charge in [-0.15, -0.1) is 0 Å². The van der Waals surface area contributed by atoms with Gasteiger partial charge in [-0.25, -0.2) is 0 Å². The van der Waals surface area contributed by atoms with Crippen molar-refractivity contribution in [3.05, 3.63) is 61.0 Å². The molecule has 0 unspecified atom stereocenters. The van der Waals surface area contributed by atoms with Crippen LogP contribution in [0.4, 0.5) is 0 Å². The highest BCUT2D eigenvalue weighted by Crippen LogP contribution is 2.33. The Bertz CT molecular complexity index is 698. The maximum atomic E-state index is 8.80. The molecule has 2 rings (SSSR count). The fourth-order valence-electron chi connectivity index (χ4n) is 1.54. The van der Waals surface area contributed by atoms with Crippen LogP contribution in [-0.2, 0) is 6.61 Å². The van der Waals surface area contributed by atoms with Crippen molar-refractivity contribution in [3.8, 4) is 11.8 Å². The third-order valence-corrected chi connectivity index (χ3v) is 4.39. The van der Waals surface area contributed by atoms with E-state index in [0.717, 1.165) is 0 Å². The highest BCUT2D eigenvalue weighted by Gasteiger charge is 2.11. The van der Waals surface area contributed by atoms with Crippen molar-refractivity contribution < 1.29 is 4.74 Å². The molecule has 0 heterocycles. The standard InChI is InChI=1S/C14H7BrCl3NO/c15-10-5-8(6-19)1-4-13(10)20-7-9-11(16)2-3-12(17)14(9)18/h1-5H,7H2. The molecule has 102 valence electrons. The summed E-state index contributed by atoms with van der Waals surface area (Å²) >= 11 is 21.5. The number of hydrogen-bond donors (Lipinski definition) is 0. The summed E-state index contributed by atoms with van der Waals surface area (Å²) in [7, 11) is 0. The molecule has 0 spiro atoms. The van der Waals surface area contributed by atoms with Crippen LogP contribution in [0.25, 0.3) is 0 Å². The van der Waals surface area contributed by atoms with Gasteiger partial charge in [-0.3, -0.25) is 0 Å². The van der Waals surface area contributed by atoms with Crippen molar-refractivity contribution in [3.63, 3.8) is 0 Å². The van der Waals surface area contributed by atoms with E-state index in [4.69, 9.17) is 44.8 Å². The number of ether oxygens (including phenoxy) is 1. The van der Waals surface area contributed by atoms with Gasteiger partial charge in [-0.05, 0) is 46.3 Å². The van der Waals surface area contributed by atoms with Crippen molar-refractivity contribution in [1.82, 2.24) is 0 Å². The van der Waals surface area contributed by atoms with E-state index in [9.17, 15) is 0 Å². The Morgan fingerprint density at radius 3 is 2.45 bits per heavy atom. The molecule has 0 amide bonds. The van der Waals surface area contributed by atoms with Gasteiger partial charge >= 0.3 is 0 Å². The second kappa shape index (κ2) is 6.69. The first-order valence-electron chi connectivity index (χ1n) is 5.47. The molecule has 0 bridgehead atoms. The lowest BCUT2D eigenvalue weighted by atomic mass is 10.2. The molecule has 2 aromatic rings. The minimum absolute atomic E-state index is 0.183. The second-order valence-electron chi connectivity index (χ2n) is 3.87. The van der Waals surface area contributed by atoms with Crippen LogP contribution in [0.3, 0.4) is 0 Å². The maximum Gasteiger partial charge on any atom is 0.134 e. The zero-order chi connectivity index (χ0) is 14.7. The SMILES string of the molecule is N#Cc1ccc(OCc2c(Cl)ccc(Cl)c2Cl)c(Br)c1. The predicted molar refractivity (Wildman–Crippen MR) is 84.7 cm³/mol. The van der Waals surface area contributed by atoms with Crippen LogP contribution in [-0.4, -0.2) is 0 Å². The summed E-state index contributed by atoms with van der Waals surface area (Å²) in [6, 6.07) is 10.4. The van der Waals surface area contributed by atoms with Crippen LogP contribution in [0.15, 0.2) is 34.8 Å². The molecule has 0 atom stereocenters. The third-order valence-electron chi connectivity index (χ3n) is 2.57. The second-order valence-corrected chi connectivity index (χ2v) is 5.91. The van der Waals surface area contributed by atoms with E-state index in [2.05, 4.69) is 15.9 Å². The summed E-state index contributed by atoms with van der Waals surface area (Å²) < 4.78 is 6.34. The number of nitriles is 1. The van der Waals surface area contributed by atoms with E-state index < -0.39 is 0 Å². The fraction of sp³-hybridized carbons (Fsp3) is 0.0714. The minimum Gasteiger partial charge on any atom is -0.488 e. The first kappa shape index (κ1) is 15.5. The summed E-state index contributed by atoms with van der Waals surface area (Å²) in [6.45, 7) is 0.183. The Labute approximate surface area is 140 Å². The fourth-order valence-corrected chi connectivity index (χ4v) is 2.69. The molecule has 0 aliphatic rings. The lowest BCUT2D eigenvalue weighted by Crippen LogP contribution is -1.98. The van der Waals surface area contributed by atoms with Crippen molar-refractivity contribution >= 4 is 50.7 Å². The molecule has 2 aromatic carbocycles.